The van der Waals surface area contributed by atoms with E-state index in [0.29, 0.717) is 5.69 Å². The zero-order chi connectivity index (χ0) is 23.2. The van der Waals surface area contributed by atoms with Crippen LogP contribution in [0.4, 0.5) is 5.69 Å². The number of fused-ring (bicyclic) bond motifs is 4. The number of ether oxygens (including phenoxy) is 1. The zero-order valence-corrected chi connectivity index (χ0v) is 19.3. The maximum atomic E-state index is 13.0. The number of sulfonamides is 1. The van der Waals surface area contributed by atoms with Crippen LogP contribution >= 0.6 is 0 Å². The van der Waals surface area contributed by atoms with Gasteiger partial charge in [0.05, 0.1) is 30.6 Å². The molecule has 1 aliphatic rings. The Morgan fingerprint density at radius 2 is 2.06 bits per heavy atom. The highest BCUT2D eigenvalue weighted by molar-refractivity contribution is 7.92. The highest BCUT2D eigenvalue weighted by atomic mass is 32.2. The van der Waals surface area contributed by atoms with E-state index in [1.165, 1.54) is 5.56 Å². The van der Waals surface area contributed by atoms with Gasteiger partial charge in [0.1, 0.15) is 12.3 Å². The number of amides is 1. The molecule has 172 valence electrons. The van der Waals surface area contributed by atoms with Crippen LogP contribution in [0.1, 0.15) is 30.1 Å². The minimum atomic E-state index is -3.40. The summed E-state index contributed by atoms with van der Waals surface area (Å²) >= 11 is 0. The predicted molar refractivity (Wildman–Crippen MR) is 129 cm³/mol. The third-order valence-corrected chi connectivity index (χ3v) is 6.76. The van der Waals surface area contributed by atoms with Gasteiger partial charge in [-0.25, -0.2) is 8.42 Å². The highest BCUT2D eigenvalue weighted by Gasteiger charge is 2.26. The van der Waals surface area contributed by atoms with Gasteiger partial charge in [-0.15, -0.1) is 0 Å². The van der Waals surface area contributed by atoms with Crippen molar-refractivity contribution in [2.24, 2.45) is 0 Å². The van der Waals surface area contributed by atoms with E-state index in [9.17, 15) is 13.2 Å². The van der Waals surface area contributed by atoms with E-state index in [1.807, 2.05) is 34.9 Å². The molecule has 33 heavy (non-hydrogen) atoms. The Kier molecular flexibility index (Phi) is 5.28. The first kappa shape index (κ1) is 21.4. The number of nitrogens with one attached hydrogen (secondary N) is 3. The fourth-order valence-electron chi connectivity index (χ4n) is 4.76. The molecular weight excluding hydrogens is 440 g/mol. The van der Waals surface area contributed by atoms with E-state index in [4.69, 9.17) is 4.74 Å². The molecule has 1 aliphatic carbocycles. The second-order valence-electron chi connectivity index (χ2n) is 8.50. The molecule has 0 spiro atoms. The Morgan fingerprint density at radius 3 is 2.85 bits per heavy atom. The first-order chi connectivity index (χ1) is 15.8. The Labute approximate surface area is 192 Å². The Balaban J connectivity index is 1.37. The van der Waals surface area contributed by atoms with Gasteiger partial charge in [0.15, 0.2) is 0 Å². The fourth-order valence-corrected chi connectivity index (χ4v) is 5.34. The normalized spacial score (nSPS) is 16.0. The third kappa shape index (κ3) is 4.16. The molecule has 8 nitrogen and oxygen atoms in total. The topological polar surface area (TPSA) is 105 Å². The second-order valence-corrected chi connectivity index (χ2v) is 10.2. The number of nitrogens with zero attached hydrogens (tertiary/aromatic N) is 1. The molecule has 3 N–H and O–H groups in total. The number of aryl methyl sites for hydroxylation is 1. The molecule has 0 saturated carbocycles. The molecule has 1 atom stereocenters. The number of carbonyl (C=O) groups is 1. The number of carbonyl (C=O) groups excluding carboxylic acids is 1. The van der Waals surface area contributed by atoms with Crippen molar-refractivity contribution < 1.29 is 17.9 Å². The van der Waals surface area contributed by atoms with Gasteiger partial charge in [-0.1, -0.05) is 6.07 Å². The van der Waals surface area contributed by atoms with Crippen molar-refractivity contribution >= 4 is 43.4 Å². The van der Waals surface area contributed by atoms with Crippen LogP contribution in [0.15, 0.2) is 48.7 Å². The average Bonchev–Trinajstić information content (AvgIpc) is 3.35. The summed E-state index contributed by atoms with van der Waals surface area (Å²) in [5.74, 6) is 0.725. The van der Waals surface area contributed by atoms with Crippen LogP contribution in [-0.2, 0) is 27.8 Å². The van der Waals surface area contributed by atoms with Gasteiger partial charge in [0.2, 0.25) is 15.9 Å². The Morgan fingerprint density at radius 1 is 1.21 bits per heavy atom. The number of benzene rings is 2. The maximum Gasteiger partial charge on any atom is 0.240 e. The van der Waals surface area contributed by atoms with E-state index in [2.05, 4.69) is 15.0 Å². The highest BCUT2D eigenvalue weighted by Crippen LogP contribution is 2.36. The molecule has 0 saturated heterocycles. The molecule has 0 fully saturated rings. The quantitative estimate of drug-likeness (QED) is 0.403. The largest absolute Gasteiger partial charge is 0.497 e. The van der Waals surface area contributed by atoms with Crippen LogP contribution in [0.3, 0.4) is 0 Å². The number of anilines is 1. The summed E-state index contributed by atoms with van der Waals surface area (Å²) < 4.78 is 33.1. The van der Waals surface area contributed by atoms with Crippen LogP contribution in [0.25, 0.3) is 21.8 Å². The maximum absolute atomic E-state index is 13.0. The predicted octanol–water partition coefficient (Wildman–Crippen LogP) is 3.70. The number of methoxy groups -OCH3 is 1. The number of aromatic amines is 1. The van der Waals surface area contributed by atoms with Crippen molar-refractivity contribution in [3.05, 3.63) is 59.9 Å². The minimum Gasteiger partial charge on any atom is -0.497 e. The lowest BCUT2D eigenvalue weighted by atomic mass is 9.91. The lowest BCUT2D eigenvalue weighted by Crippen LogP contribution is -2.33. The second kappa shape index (κ2) is 8.15. The van der Waals surface area contributed by atoms with Gasteiger partial charge < -0.3 is 19.6 Å². The SMILES string of the molecule is COc1ccc2[nH]c3c(c2c1)CCC[C@@H]3NC(=O)Cn1ccc2c(NS(C)(=O)=O)cccc21. The van der Waals surface area contributed by atoms with Crippen molar-refractivity contribution in [2.75, 3.05) is 18.1 Å². The summed E-state index contributed by atoms with van der Waals surface area (Å²) in [7, 11) is -1.73. The van der Waals surface area contributed by atoms with Crippen molar-refractivity contribution in [1.82, 2.24) is 14.9 Å². The van der Waals surface area contributed by atoms with E-state index in [0.717, 1.165) is 58.8 Å². The van der Waals surface area contributed by atoms with Gasteiger partial charge in [-0.2, -0.15) is 0 Å². The molecule has 5 rings (SSSR count). The smallest absolute Gasteiger partial charge is 0.240 e. The van der Waals surface area contributed by atoms with Crippen LogP contribution in [0, 0.1) is 0 Å². The molecule has 2 heterocycles. The summed E-state index contributed by atoms with van der Waals surface area (Å²) in [4.78, 5) is 16.5. The summed E-state index contributed by atoms with van der Waals surface area (Å²) in [6.45, 7) is 0.145. The lowest BCUT2D eigenvalue weighted by molar-refractivity contribution is -0.122. The average molecular weight is 467 g/mol. The molecule has 1 amide bonds. The lowest BCUT2D eigenvalue weighted by Gasteiger charge is -2.24. The number of hydrogen-bond donors (Lipinski definition) is 3. The number of H-pyrrole nitrogens is 1. The molecular formula is C24H26N4O4S. The molecule has 0 bridgehead atoms. The van der Waals surface area contributed by atoms with Gasteiger partial charge in [0, 0.05) is 28.2 Å². The van der Waals surface area contributed by atoms with Gasteiger partial charge in [-0.3, -0.25) is 9.52 Å². The number of rotatable bonds is 6. The molecule has 0 unspecified atom stereocenters. The van der Waals surface area contributed by atoms with E-state index < -0.39 is 10.0 Å². The monoisotopic (exact) mass is 466 g/mol. The summed E-state index contributed by atoms with van der Waals surface area (Å²) in [6, 6.07) is 13.1. The standard InChI is InChI=1S/C24H26N4O4S/c1-32-15-9-10-19-18(13-15)16-5-3-7-21(24(16)26-19)25-23(29)14-28-12-11-17-20(27-33(2,30)31)6-4-8-22(17)28/h4,6,8-13,21,26-27H,3,5,7,14H2,1-2H3,(H,25,29)/t21-/m0/s1. The van der Waals surface area contributed by atoms with Crippen molar-refractivity contribution in [3.8, 4) is 5.75 Å². The van der Waals surface area contributed by atoms with Crippen molar-refractivity contribution in [1.29, 1.82) is 0 Å². The summed E-state index contributed by atoms with van der Waals surface area (Å²) in [5.41, 5.74) is 4.64. The number of hydrogen-bond acceptors (Lipinski definition) is 4. The summed E-state index contributed by atoms with van der Waals surface area (Å²) in [6.07, 6.45) is 5.76. The molecule has 4 aromatic rings. The van der Waals surface area contributed by atoms with Crippen LogP contribution < -0.4 is 14.8 Å². The minimum absolute atomic E-state index is 0.0797. The van der Waals surface area contributed by atoms with Gasteiger partial charge >= 0.3 is 0 Å². The molecule has 0 radical (unpaired) electrons. The molecule has 9 heteroatoms. The molecule has 2 aromatic carbocycles. The third-order valence-electron chi connectivity index (χ3n) is 6.17. The van der Waals surface area contributed by atoms with Crippen LogP contribution in [0.5, 0.6) is 5.75 Å². The van der Waals surface area contributed by atoms with Gasteiger partial charge in [0.25, 0.3) is 0 Å². The van der Waals surface area contributed by atoms with E-state index in [-0.39, 0.29) is 18.5 Å². The van der Waals surface area contributed by atoms with Crippen molar-refractivity contribution in [2.45, 2.75) is 31.8 Å². The van der Waals surface area contributed by atoms with Crippen LogP contribution in [0.2, 0.25) is 0 Å². The van der Waals surface area contributed by atoms with E-state index in [1.54, 1.807) is 25.4 Å². The summed E-state index contributed by atoms with van der Waals surface area (Å²) in [5, 5.41) is 5.08. The Hall–Kier alpha value is -3.46. The van der Waals surface area contributed by atoms with Crippen LogP contribution in [-0.4, -0.2) is 37.2 Å². The van der Waals surface area contributed by atoms with Gasteiger partial charge in [-0.05, 0) is 61.2 Å². The fraction of sp³-hybridized carbons (Fsp3) is 0.292. The first-order valence-corrected chi connectivity index (χ1v) is 12.7. The zero-order valence-electron chi connectivity index (χ0n) is 18.5. The molecule has 2 aromatic heterocycles. The first-order valence-electron chi connectivity index (χ1n) is 10.9. The van der Waals surface area contributed by atoms with Crippen molar-refractivity contribution in [3.63, 3.8) is 0 Å². The van der Waals surface area contributed by atoms with E-state index >= 15 is 0 Å². The molecule has 0 aliphatic heterocycles. The Bertz CT molecular complexity index is 1470. The number of aromatic nitrogens is 2.